The second kappa shape index (κ2) is 6.00. The van der Waals surface area contributed by atoms with E-state index >= 15 is 0 Å². The standard InChI is InChI=1S/C12H16ClNO3/c1-7(15)9-6-8(2-3-10(9)14)12(17)11(16)4-5-13/h2-3,6,11-12,16-17H,4-5,14H2,1H3. The van der Waals surface area contributed by atoms with Crippen molar-refractivity contribution in [2.75, 3.05) is 11.6 Å². The van der Waals surface area contributed by atoms with E-state index < -0.39 is 12.2 Å². The molecule has 0 fully saturated rings. The number of aliphatic hydroxyl groups is 2. The van der Waals surface area contributed by atoms with Crippen molar-refractivity contribution in [3.8, 4) is 0 Å². The maximum atomic E-state index is 11.3. The second-order valence-electron chi connectivity index (χ2n) is 3.89. The van der Waals surface area contributed by atoms with Gasteiger partial charge in [0.15, 0.2) is 5.78 Å². The number of hydrogen-bond acceptors (Lipinski definition) is 4. The molecule has 0 aliphatic heterocycles. The molecule has 17 heavy (non-hydrogen) atoms. The van der Waals surface area contributed by atoms with Crippen LogP contribution in [0.2, 0.25) is 0 Å². The molecule has 0 spiro atoms. The highest BCUT2D eigenvalue weighted by Gasteiger charge is 2.19. The molecule has 0 aromatic heterocycles. The molecule has 4 nitrogen and oxygen atoms in total. The Morgan fingerprint density at radius 2 is 2.12 bits per heavy atom. The number of anilines is 1. The molecule has 0 aliphatic carbocycles. The molecule has 1 rings (SSSR count). The van der Waals surface area contributed by atoms with Gasteiger partial charge in [-0.15, -0.1) is 11.6 Å². The zero-order valence-corrected chi connectivity index (χ0v) is 10.3. The topological polar surface area (TPSA) is 83.5 Å². The van der Waals surface area contributed by atoms with Crippen LogP contribution in [0.1, 0.15) is 35.4 Å². The summed E-state index contributed by atoms with van der Waals surface area (Å²) in [6.45, 7) is 1.40. The van der Waals surface area contributed by atoms with Crippen LogP contribution in [0.5, 0.6) is 0 Å². The monoisotopic (exact) mass is 257 g/mol. The molecule has 1 aromatic rings. The van der Waals surface area contributed by atoms with Gasteiger partial charge in [0, 0.05) is 17.1 Å². The summed E-state index contributed by atoms with van der Waals surface area (Å²) in [7, 11) is 0. The number of carbonyl (C=O) groups is 1. The van der Waals surface area contributed by atoms with Gasteiger partial charge in [-0.2, -0.15) is 0 Å². The first-order chi connectivity index (χ1) is 7.97. The summed E-state index contributed by atoms with van der Waals surface area (Å²) in [5.74, 6) is 0.0793. The van der Waals surface area contributed by atoms with Gasteiger partial charge >= 0.3 is 0 Å². The minimum absolute atomic E-state index is 0.177. The lowest BCUT2D eigenvalue weighted by Crippen LogP contribution is -2.19. The molecule has 0 saturated carbocycles. The minimum atomic E-state index is -1.06. The Morgan fingerprint density at radius 3 is 2.65 bits per heavy atom. The largest absolute Gasteiger partial charge is 0.398 e. The Balaban J connectivity index is 2.99. The molecular weight excluding hydrogens is 242 g/mol. The van der Waals surface area contributed by atoms with Crippen LogP contribution < -0.4 is 5.73 Å². The molecule has 0 heterocycles. The smallest absolute Gasteiger partial charge is 0.161 e. The van der Waals surface area contributed by atoms with Gasteiger partial charge in [0.25, 0.3) is 0 Å². The third-order valence-corrected chi connectivity index (χ3v) is 2.79. The minimum Gasteiger partial charge on any atom is -0.398 e. The van der Waals surface area contributed by atoms with Gasteiger partial charge in [-0.1, -0.05) is 6.07 Å². The Labute approximate surface area is 105 Å². The van der Waals surface area contributed by atoms with E-state index in [1.165, 1.54) is 13.0 Å². The normalized spacial score (nSPS) is 14.4. The van der Waals surface area contributed by atoms with Crippen molar-refractivity contribution < 1.29 is 15.0 Å². The number of aliphatic hydroxyl groups excluding tert-OH is 2. The van der Waals surface area contributed by atoms with Gasteiger partial charge in [0.1, 0.15) is 6.10 Å². The van der Waals surface area contributed by atoms with E-state index in [4.69, 9.17) is 17.3 Å². The Kier molecular flexibility index (Phi) is 4.93. The molecule has 0 bridgehead atoms. The van der Waals surface area contributed by atoms with Gasteiger partial charge in [-0.05, 0) is 31.0 Å². The highest BCUT2D eigenvalue weighted by Crippen LogP contribution is 2.23. The fraction of sp³-hybridized carbons (Fsp3) is 0.417. The zero-order valence-electron chi connectivity index (χ0n) is 9.56. The third kappa shape index (κ3) is 3.43. The van der Waals surface area contributed by atoms with Crippen LogP contribution in [0.3, 0.4) is 0 Å². The number of Topliss-reactive ketones (excluding diaryl/α,β-unsaturated/α-hetero) is 1. The first-order valence-electron chi connectivity index (χ1n) is 5.29. The lowest BCUT2D eigenvalue weighted by Gasteiger charge is -2.18. The molecule has 2 unspecified atom stereocenters. The number of benzene rings is 1. The number of hydrogen-bond donors (Lipinski definition) is 3. The molecule has 0 radical (unpaired) electrons. The first-order valence-corrected chi connectivity index (χ1v) is 5.83. The Bertz CT molecular complexity index is 409. The number of ketones is 1. The average Bonchev–Trinajstić information content (AvgIpc) is 2.28. The van der Waals surface area contributed by atoms with Gasteiger partial charge in [0.05, 0.1) is 6.10 Å². The van der Waals surface area contributed by atoms with Crippen molar-refractivity contribution in [3.63, 3.8) is 0 Å². The van der Waals surface area contributed by atoms with Crippen LogP contribution in [-0.4, -0.2) is 28.0 Å². The van der Waals surface area contributed by atoms with Gasteiger partial charge in [-0.3, -0.25) is 4.79 Å². The summed E-state index contributed by atoms with van der Waals surface area (Å²) in [5.41, 5.74) is 6.81. The molecular formula is C12H16ClNO3. The van der Waals surface area contributed by atoms with E-state index in [0.29, 0.717) is 16.8 Å². The van der Waals surface area contributed by atoms with E-state index in [1.54, 1.807) is 12.1 Å². The fourth-order valence-electron chi connectivity index (χ4n) is 1.55. The third-order valence-electron chi connectivity index (χ3n) is 2.57. The summed E-state index contributed by atoms with van der Waals surface area (Å²) < 4.78 is 0. The summed E-state index contributed by atoms with van der Waals surface area (Å²) in [4.78, 5) is 11.3. The molecule has 0 saturated heterocycles. The van der Waals surface area contributed by atoms with Crippen molar-refractivity contribution in [3.05, 3.63) is 29.3 Å². The Hall–Kier alpha value is -1.10. The molecule has 4 N–H and O–H groups in total. The quantitative estimate of drug-likeness (QED) is 0.424. The predicted octanol–water partition coefficient (Wildman–Crippen LogP) is 1.49. The number of carbonyl (C=O) groups excluding carboxylic acids is 1. The summed E-state index contributed by atoms with van der Waals surface area (Å²) >= 11 is 5.49. The van der Waals surface area contributed by atoms with Crippen molar-refractivity contribution in [2.45, 2.75) is 25.6 Å². The van der Waals surface area contributed by atoms with Crippen LogP contribution in [0.25, 0.3) is 0 Å². The highest BCUT2D eigenvalue weighted by molar-refractivity contribution is 6.17. The second-order valence-corrected chi connectivity index (χ2v) is 4.27. The molecule has 2 atom stereocenters. The predicted molar refractivity (Wildman–Crippen MR) is 67.2 cm³/mol. The number of halogens is 1. The van der Waals surface area contributed by atoms with Crippen molar-refractivity contribution >= 4 is 23.1 Å². The molecule has 0 aliphatic rings. The lowest BCUT2D eigenvalue weighted by molar-refractivity contribution is 0.0170. The van der Waals surface area contributed by atoms with E-state index in [1.807, 2.05) is 0 Å². The van der Waals surface area contributed by atoms with E-state index in [-0.39, 0.29) is 18.1 Å². The highest BCUT2D eigenvalue weighted by atomic mass is 35.5. The summed E-state index contributed by atoms with van der Waals surface area (Å²) in [5, 5.41) is 19.5. The number of nitrogens with two attached hydrogens (primary N) is 1. The van der Waals surface area contributed by atoms with E-state index in [9.17, 15) is 15.0 Å². The SMILES string of the molecule is CC(=O)c1cc(C(O)C(O)CCCl)ccc1N. The zero-order chi connectivity index (χ0) is 13.0. The molecule has 5 heteroatoms. The first kappa shape index (κ1) is 14.0. The van der Waals surface area contributed by atoms with E-state index in [0.717, 1.165) is 0 Å². The van der Waals surface area contributed by atoms with E-state index in [2.05, 4.69) is 0 Å². The van der Waals surface area contributed by atoms with Gasteiger partial charge in [0.2, 0.25) is 0 Å². The van der Waals surface area contributed by atoms with Crippen LogP contribution in [0.15, 0.2) is 18.2 Å². The van der Waals surface area contributed by atoms with Crippen LogP contribution in [-0.2, 0) is 0 Å². The van der Waals surface area contributed by atoms with Crippen LogP contribution in [0.4, 0.5) is 5.69 Å². The Morgan fingerprint density at radius 1 is 1.47 bits per heavy atom. The lowest BCUT2D eigenvalue weighted by atomic mass is 9.98. The maximum Gasteiger partial charge on any atom is 0.161 e. The number of nitrogen functional groups attached to an aromatic ring is 1. The van der Waals surface area contributed by atoms with Crippen molar-refractivity contribution in [1.29, 1.82) is 0 Å². The molecule has 1 aromatic carbocycles. The van der Waals surface area contributed by atoms with Gasteiger partial charge in [-0.25, -0.2) is 0 Å². The fourth-order valence-corrected chi connectivity index (χ4v) is 1.78. The maximum absolute atomic E-state index is 11.3. The van der Waals surface area contributed by atoms with Gasteiger partial charge < -0.3 is 15.9 Å². The van der Waals surface area contributed by atoms with Crippen molar-refractivity contribution in [1.82, 2.24) is 0 Å². The van der Waals surface area contributed by atoms with Crippen molar-refractivity contribution in [2.24, 2.45) is 0 Å². The average molecular weight is 258 g/mol. The number of rotatable bonds is 5. The molecule has 0 amide bonds. The van der Waals surface area contributed by atoms with Crippen LogP contribution >= 0.6 is 11.6 Å². The van der Waals surface area contributed by atoms with Crippen LogP contribution in [0, 0.1) is 0 Å². The number of alkyl halides is 1. The summed E-state index contributed by atoms with van der Waals surface area (Å²) in [6, 6.07) is 4.63. The summed E-state index contributed by atoms with van der Waals surface area (Å²) in [6.07, 6.45) is -1.73. The molecule has 94 valence electrons.